The predicted octanol–water partition coefficient (Wildman–Crippen LogP) is 5.33. The quantitative estimate of drug-likeness (QED) is 0.778. The Morgan fingerprint density at radius 2 is 2.00 bits per heavy atom. The van der Waals surface area contributed by atoms with Crippen molar-refractivity contribution >= 4 is 21.6 Å². The van der Waals surface area contributed by atoms with Crippen LogP contribution in [0.15, 0.2) is 46.9 Å². The third-order valence-electron chi connectivity index (χ3n) is 3.28. The summed E-state index contributed by atoms with van der Waals surface area (Å²) in [4.78, 5) is 0. The van der Waals surface area contributed by atoms with Crippen LogP contribution in [-0.4, -0.2) is 6.04 Å². The van der Waals surface area contributed by atoms with Crippen LogP contribution in [0.1, 0.15) is 24.5 Å². The van der Waals surface area contributed by atoms with Gasteiger partial charge in [-0.2, -0.15) is 0 Å². The van der Waals surface area contributed by atoms with Gasteiger partial charge in [0.15, 0.2) is 0 Å². The normalized spacial score (nSPS) is 12.2. The van der Waals surface area contributed by atoms with Crippen molar-refractivity contribution in [2.75, 3.05) is 5.32 Å². The van der Waals surface area contributed by atoms with E-state index in [1.807, 2.05) is 6.07 Å². The van der Waals surface area contributed by atoms with Gasteiger partial charge in [0.25, 0.3) is 0 Å². The molecule has 2 aromatic carbocycles. The van der Waals surface area contributed by atoms with E-state index in [9.17, 15) is 4.39 Å². The number of anilines is 1. The molecule has 0 radical (unpaired) electrons. The topological polar surface area (TPSA) is 12.0 Å². The van der Waals surface area contributed by atoms with Crippen molar-refractivity contribution < 1.29 is 4.39 Å². The van der Waals surface area contributed by atoms with E-state index in [1.165, 1.54) is 17.2 Å². The van der Waals surface area contributed by atoms with Gasteiger partial charge in [-0.15, -0.1) is 0 Å². The van der Waals surface area contributed by atoms with E-state index in [-0.39, 0.29) is 11.9 Å². The molecule has 1 nitrogen and oxygen atoms in total. The largest absolute Gasteiger partial charge is 0.380 e. The standard InChI is InChI=1S/C17H19BrFN/c1-12-4-3-5-14(10-12)7-6-13(2)20-17-9-8-15(18)11-16(17)19/h3-5,8-11,13,20H,6-7H2,1-2H3. The molecule has 2 aromatic rings. The summed E-state index contributed by atoms with van der Waals surface area (Å²) in [6.45, 7) is 4.18. The SMILES string of the molecule is Cc1cccc(CCC(C)Nc2ccc(Br)cc2F)c1. The molecule has 0 saturated heterocycles. The van der Waals surface area contributed by atoms with Crippen LogP contribution in [0, 0.1) is 12.7 Å². The van der Waals surface area contributed by atoms with Crippen LogP contribution in [0.5, 0.6) is 0 Å². The van der Waals surface area contributed by atoms with Gasteiger partial charge in [-0.05, 0) is 50.5 Å². The second kappa shape index (κ2) is 6.89. The summed E-state index contributed by atoms with van der Waals surface area (Å²) < 4.78 is 14.5. The molecule has 3 heteroatoms. The van der Waals surface area contributed by atoms with Crippen molar-refractivity contribution in [2.24, 2.45) is 0 Å². The van der Waals surface area contributed by atoms with Gasteiger partial charge in [-0.25, -0.2) is 4.39 Å². The van der Waals surface area contributed by atoms with E-state index >= 15 is 0 Å². The Balaban J connectivity index is 1.90. The summed E-state index contributed by atoms with van der Waals surface area (Å²) in [5.74, 6) is -0.221. The van der Waals surface area contributed by atoms with E-state index in [0.717, 1.165) is 17.3 Å². The number of halogens is 2. The van der Waals surface area contributed by atoms with Crippen molar-refractivity contribution in [3.63, 3.8) is 0 Å². The molecule has 1 N–H and O–H groups in total. The first-order chi connectivity index (χ1) is 9.54. The maximum atomic E-state index is 13.7. The van der Waals surface area contributed by atoms with Gasteiger partial charge in [0, 0.05) is 10.5 Å². The lowest BCUT2D eigenvalue weighted by atomic mass is 10.0. The fraction of sp³-hybridized carbons (Fsp3) is 0.294. The Morgan fingerprint density at radius 1 is 1.20 bits per heavy atom. The Kier molecular flexibility index (Phi) is 5.18. The minimum absolute atomic E-state index is 0.221. The summed E-state index contributed by atoms with van der Waals surface area (Å²) in [6, 6.07) is 13.8. The average molecular weight is 336 g/mol. The lowest BCUT2D eigenvalue weighted by Gasteiger charge is -2.16. The predicted molar refractivity (Wildman–Crippen MR) is 86.7 cm³/mol. The van der Waals surface area contributed by atoms with E-state index in [1.54, 1.807) is 6.07 Å². The van der Waals surface area contributed by atoms with Crippen LogP contribution < -0.4 is 5.32 Å². The summed E-state index contributed by atoms with van der Waals surface area (Å²) in [5, 5.41) is 3.23. The van der Waals surface area contributed by atoms with Gasteiger partial charge in [0.1, 0.15) is 5.82 Å². The Hall–Kier alpha value is -1.35. The number of benzene rings is 2. The highest BCUT2D eigenvalue weighted by molar-refractivity contribution is 9.10. The molecule has 0 aliphatic rings. The highest BCUT2D eigenvalue weighted by Crippen LogP contribution is 2.20. The van der Waals surface area contributed by atoms with Gasteiger partial charge in [0.2, 0.25) is 0 Å². The molecule has 0 saturated carbocycles. The maximum Gasteiger partial charge on any atom is 0.147 e. The van der Waals surface area contributed by atoms with Gasteiger partial charge >= 0.3 is 0 Å². The molecule has 1 atom stereocenters. The lowest BCUT2D eigenvalue weighted by Crippen LogP contribution is -2.16. The zero-order valence-electron chi connectivity index (χ0n) is 11.8. The summed E-state index contributed by atoms with van der Waals surface area (Å²) >= 11 is 3.26. The first-order valence-corrected chi connectivity index (χ1v) is 7.61. The third kappa shape index (κ3) is 4.34. The number of nitrogens with one attached hydrogen (secondary N) is 1. The zero-order chi connectivity index (χ0) is 14.5. The van der Waals surface area contributed by atoms with E-state index in [2.05, 4.69) is 59.4 Å². The highest BCUT2D eigenvalue weighted by Gasteiger charge is 2.07. The minimum atomic E-state index is -0.221. The van der Waals surface area contributed by atoms with Crippen LogP contribution in [0.2, 0.25) is 0 Å². The fourth-order valence-corrected chi connectivity index (χ4v) is 2.53. The van der Waals surface area contributed by atoms with Crippen LogP contribution in [0.3, 0.4) is 0 Å². The second-order valence-electron chi connectivity index (χ2n) is 5.20. The minimum Gasteiger partial charge on any atom is -0.380 e. The molecule has 0 fully saturated rings. The molecule has 1 unspecified atom stereocenters. The number of aryl methyl sites for hydroxylation is 2. The molecule has 20 heavy (non-hydrogen) atoms. The molecule has 0 heterocycles. The summed E-state index contributed by atoms with van der Waals surface area (Å²) in [7, 11) is 0. The zero-order valence-corrected chi connectivity index (χ0v) is 13.4. The molecule has 0 aliphatic carbocycles. The molecule has 0 aromatic heterocycles. The monoisotopic (exact) mass is 335 g/mol. The molecular formula is C17H19BrFN. The average Bonchev–Trinajstić information content (AvgIpc) is 2.40. The van der Waals surface area contributed by atoms with Crippen molar-refractivity contribution in [1.82, 2.24) is 0 Å². The number of hydrogen-bond donors (Lipinski definition) is 1. The van der Waals surface area contributed by atoms with Crippen molar-refractivity contribution in [3.05, 3.63) is 63.9 Å². The van der Waals surface area contributed by atoms with Crippen molar-refractivity contribution in [1.29, 1.82) is 0 Å². The van der Waals surface area contributed by atoms with Gasteiger partial charge in [-0.1, -0.05) is 45.8 Å². The van der Waals surface area contributed by atoms with Gasteiger partial charge in [-0.3, -0.25) is 0 Å². The summed E-state index contributed by atoms with van der Waals surface area (Å²) in [5.41, 5.74) is 3.17. The fourth-order valence-electron chi connectivity index (χ4n) is 2.19. The van der Waals surface area contributed by atoms with Crippen molar-refractivity contribution in [3.8, 4) is 0 Å². The maximum absolute atomic E-state index is 13.7. The van der Waals surface area contributed by atoms with Crippen LogP contribution >= 0.6 is 15.9 Å². The smallest absolute Gasteiger partial charge is 0.147 e. The van der Waals surface area contributed by atoms with Crippen LogP contribution in [0.4, 0.5) is 10.1 Å². The Bertz CT molecular complexity index is 583. The first-order valence-electron chi connectivity index (χ1n) is 6.82. The number of hydrogen-bond acceptors (Lipinski definition) is 1. The number of rotatable bonds is 5. The van der Waals surface area contributed by atoms with Crippen molar-refractivity contribution in [2.45, 2.75) is 32.7 Å². The first kappa shape index (κ1) is 15.0. The Morgan fingerprint density at radius 3 is 2.70 bits per heavy atom. The van der Waals surface area contributed by atoms with Crippen LogP contribution in [0.25, 0.3) is 0 Å². The van der Waals surface area contributed by atoms with Gasteiger partial charge in [0.05, 0.1) is 5.69 Å². The van der Waals surface area contributed by atoms with Gasteiger partial charge < -0.3 is 5.32 Å². The van der Waals surface area contributed by atoms with Crippen LogP contribution in [-0.2, 0) is 6.42 Å². The van der Waals surface area contributed by atoms with E-state index in [0.29, 0.717) is 5.69 Å². The van der Waals surface area contributed by atoms with E-state index in [4.69, 9.17) is 0 Å². The van der Waals surface area contributed by atoms with E-state index < -0.39 is 0 Å². The molecule has 106 valence electrons. The Labute approximate surface area is 128 Å². The summed E-state index contributed by atoms with van der Waals surface area (Å²) in [6.07, 6.45) is 1.97. The lowest BCUT2D eigenvalue weighted by molar-refractivity contribution is 0.621. The molecule has 0 amide bonds. The third-order valence-corrected chi connectivity index (χ3v) is 3.77. The highest BCUT2D eigenvalue weighted by atomic mass is 79.9. The molecule has 0 aliphatic heterocycles. The molecule has 2 rings (SSSR count). The molecule has 0 spiro atoms. The molecule has 0 bridgehead atoms. The second-order valence-corrected chi connectivity index (χ2v) is 6.11. The molecular weight excluding hydrogens is 317 g/mol.